The quantitative estimate of drug-likeness (QED) is 0.632. The largest absolute Gasteiger partial charge is 0.493 e. The summed E-state index contributed by atoms with van der Waals surface area (Å²) in [6, 6.07) is 16.5. The molecule has 3 aromatic carbocycles. The molecule has 0 radical (unpaired) electrons. The number of hydrogen-bond acceptors (Lipinski definition) is 2. The zero-order chi connectivity index (χ0) is 13.9. The second-order valence-corrected chi connectivity index (χ2v) is 4.62. The fourth-order valence-corrected chi connectivity index (χ4v) is 2.65. The number of hydrogen-bond donors (Lipinski definition) is 0. The summed E-state index contributed by atoms with van der Waals surface area (Å²) in [5.74, 6) is 1.89. The summed E-state index contributed by atoms with van der Waals surface area (Å²) >= 11 is 0. The highest BCUT2D eigenvalue weighted by Crippen LogP contribution is 2.42. The van der Waals surface area contributed by atoms with Gasteiger partial charge in [-0.25, -0.2) is 0 Å². The number of ether oxygens (including phenoxy) is 2. The molecule has 0 aliphatic rings. The zero-order valence-corrected chi connectivity index (χ0v) is 11.8. The van der Waals surface area contributed by atoms with Crippen LogP contribution in [0.4, 0.5) is 0 Å². The summed E-state index contributed by atoms with van der Waals surface area (Å²) in [4.78, 5) is 0. The van der Waals surface area contributed by atoms with Crippen molar-refractivity contribution in [1.29, 1.82) is 0 Å². The van der Waals surface area contributed by atoms with Gasteiger partial charge in [-0.1, -0.05) is 48.5 Å². The summed E-state index contributed by atoms with van der Waals surface area (Å²) in [7, 11) is 0. The van der Waals surface area contributed by atoms with Gasteiger partial charge in [0, 0.05) is 21.5 Å². The van der Waals surface area contributed by atoms with Crippen molar-refractivity contribution in [2.75, 3.05) is 13.2 Å². The Balaban J connectivity index is 2.47. The molecule has 20 heavy (non-hydrogen) atoms. The van der Waals surface area contributed by atoms with E-state index < -0.39 is 0 Å². The predicted molar refractivity (Wildman–Crippen MR) is 83.8 cm³/mol. The molecule has 0 N–H and O–H groups in total. The van der Waals surface area contributed by atoms with E-state index in [1.54, 1.807) is 0 Å². The van der Waals surface area contributed by atoms with Gasteiger partial charge >= 0.3 is 0 Å². The Labute approximate surface area is 118 Å². The molecule has 0 aliphatic heterocycles. The fraction of sp³-hybridized carbons (Fsp3) is 0.222. The van der Waals surface area contributed by atoms with Crippen LogP contribution in [0.3, 0.4) is 0 Å². The third-order valence-corrected chi connectivity index (χ3v) is 3.41. The monoisotopic (exact) mass is 266 g/mol. The molecule has 3 aromatic rings. The Hall–Kier alpha value is -2.22. The van der Waals surface area contributed by atoms with Crippen molar-refractivity contribution in [3.8, 4) is 11.5 Å². The minimum absolute atomic E-state index is 0.655. The Morgan fingerprint density at radius 2 is 0.900 bits per heavy atom. The first-order chi connectivity index (χ1) is 9.86. The van der Waals surface area contributed by atoms with Gasteiger partial charge in [-0.3, -0.25) is 0 Å². The van der Waals surface area contributed by atoms with Gasteiger partial charge in [0.2, 0.25) is 0 Å². The van der Waals surface area contributed by atoms with Gasteiger partial charge in [0.05, 0.1) is 13.2 Å². The molecule has 0 fully saturated rings. The van der Waals surface area contributed by atoms with Crippen molar-refractivity contribution in [2.45, 2.75) is 13.8 Å². The Morgan fingerprint density at radius 3 is 1.15 bits per heavy atom. The lowest BCUT2D eigenvalue weighted by Crippen LogP contribution is -1.98. The Bertz CT molecular complexity index is 626. The van der Waals surface area contributed by atoms with E-state index in [0.717, 1.165) is 33.0 Å². The van der Waals surface area contributed by atoms with Crippen molar-refractivity contribution in [1.82, 2.24) is 0 Å². The van der Waals surface area contributed by atoms with Crippen LogP contribution in [-0.4, -0.2) is 13.2 Å². The van der Waals surface area contributed by atoms with E-state index in [9.17, 15) is 0 Å². The lowest BCUT2D eigenvalue weighted by atomic mass is 10.0. The van der Waals surface area contributed by atoms with Gasteiger partial charge in [-0.15, -0.1) is 0 Å². The molecule has 0 spiro atoms. The fourth-order valence-electron chi connectivity index (χ4n) is 2.65. The smallest absolute Gasteiger partial charge is 0.135 e. The van der Waals surface area contributed by atoms with Gasteiger partial charge in [-0.05, 0) is 13.8 Å². The van der Waals surface area contributed by atoms with Gasteiger partial charge in [-0.2, -0.15) is 0 Å². The summed E-state index contributed by atoms with van der Waals surface area (Å²) < 4.78 is 11.8. The molecule has 102 valence electrons. The highest BCUT2D eigenvalue weighted by atomic mass is 16.5. The first kappa shape index (κ1) is 12.8. The maximum atomic E-state index is 5.91. The van der Waals surface area contributed by atoms with Crippen LogP contribution in [0.5, 0.6) is 11.5 Å². The lowest BCUT2D eigenvalue weighted by molar-refractivity contribution is 0.342. The standard InChI is InChI=1S/C18H18O2/c1-3-19-17-13-9-5-7-11-15(13)18(20-4-2)16-12-8-6-10-14(16)17/h5-12H,3-4H2,1-2H3. The molecule has 0 aliphatic carbocycles. The van der Waals surface area contributed by atoms with Crippen molar-refractivity contribution < 1.29 is 9.47 Å². The topological polar surface area (TPSA) is 18.5 Å². The van der Waals surface area contributed by atoms with Crippen LogP contribution in [0.15, 0.2) is 48.5 Å². The summed E-state index contributed by atoms with van der Waals surface area (Å²) in [5.41, 5.74) is 0. The minimum Gasteiger partial charge on any atom is -0.493 e. The van der Waals surface area contributed by atoms with Crippen LogP contribution in [0, 0.1) is 0 Å². The van der Waals surface area contributed by atoms with Crippen LogP contribution in [0.25, 0.3) is 21.5 Å². The molecule has 0 amide bonds. The first-order valence-corrected chi connectivity index (χ1v) is 7.05. The molecule has 0 aromatic heterocycles. The van der Waals surface area contributed by atoms with Crippen LogP contribution in [0.2, 0.25) is 0 Å². The molecule has 2 nitrogen and oxygen atoms in total. The van der Waals surface area contributed by atoms with E-state index in [0.29, 0.717) is 13.2 Å². The van der Waals surface area contributed by atoms with E-state index >= 15 is 0 Å². The molecule has 0 atom stereocenters. The van der Waals surface area contributed by atoms with Gasteiger partial charge in [0.15, 0.2) is 0 Å². The molecule has 0 bridgehead atoms. The van der Waals surface area contributed by atoms with Crippen LogP contribution in [0.1, 0.15) is 13.8 Å². The van der Waals surface area contributed by atoms with E-state index in [-0.39, 0.29) is 0 Å². The highest BCUT2D eigenvalue weighted by molar-refractivity contribution is 6.11. The number of fused-ring (bicyclic) bond motifs is 2. The molecular formula is C18H18O2. The van der Waals surface area contributed by atoms with E-state index in [2.05, 4.69) is 24.3 Å². The molecule has 3 rings (SSSR count). The van der Waals surface area contributed by atoms with Gasteiger partial charge < -0.3 is 9.47 Å². The van der Waals surface area contributed by atoms with Gasteiger partial charge in [0.25, 0.3) is 0 Å². The summed E-state index contributed by atoms with van der Waals surface area (Å²) in [6.07, 6.45) is 0. The highest BCUT2D eigenvalue weighted by Gasteiger charge is 2.14. The molecule has 2 heteroatoms. The third kappa shape index (κ3) is 1.97. The normalized spacial score (nSPS) is 10.9. The average Bonchev–Trinajstić information content (AvgIpc) is 2.50. The maximum Gasteiger partial charge on any atom is 0.135 e. The third-order valence-electron chi connectivity index (χ3n) is 3.41. The van der Waals surface area contributed by atoms with Gasteiger partial charge in [0.1, 0.15) is 11.5 Å². The minimum atomic E-state index is 0.655. The number of benzene rings is 3. The number of rotatable bonds is 4. The van der Waals surface area contributed by atoms with E-state index in [1.807, 2.05) is 38.1 Å². The average molecular weight is 266 g/mol. The van der Waals surface area contributed by atoms with Crippen LogP contribution < -0.4 is 9.47 Å². The van der Waals surface area contributed by atoms with E-state index in [1.165, 1.54) is 0 Å². The van der Waals surface area contributed by atoms with E-state index in [4.69, 9.17) is 9.47 Å². The van der Waals surface area contributed by atoms with Crippen LogP contribution >= 0.6 is 0 Å². The lowest BCUT2D eigenvalue weighted by Gasteiger charge is -2.16. The Morgan fingerprint density at radius 1 is 0.600 bits per heavy atom. The maximum absolute atomic E-state index is 5.91. The molecular weight excluding hydrogens is 248 g/mol. The molecule has 0 saturated carbocycles. The predicted octanol–water partition coefficient (Wildman–Crippen LogP) is 4.79. The van der Waals surface area contributed by atoms with Crippen molar-refractivity contribution in [3.05, 3.63) is 48.5 Å². The second kappa shape index (κ2) is 5.41. The van der Waals surface area contributed by atoms with Crippen molar-refractivity contribution >= 4 is 21.5 Å². The SMILES string of the molecule is CCOc1c2ccccc2c(OCC)c2ccccc12. The molecule has 0 saturated heterocycles. The summed E-state index contributed by atoms with van der Waals surface area (Å²) in [6.45, 7) is 5.34. The van der Waals surface area contributed by atoms with Crippen LogP contribution in [-0.2, 0) is 0 Å². The second-order valence-electron chi connectivity index (χ2n) is 4.62. The van der Waals surface area contributed by atoms with Crippen molar-refractivity contribution in [2.24, 2.45) is 0 Å². The Kier molecular flexibility index (Phi) is 3.46. The van der Waals surface area contributed by atoms with Crippen molar-refractivity contribution in [3.63, 3.8) is 0 Å². The summed E-state index contributed by atoms with van der Waals surface area (Å²) in [5, 5.41) is 4.43. The molecule has 0 heterocycles. The zero-order valence-electron chi connectivity index (χ0n) is 11.8. The first-order valence-electron chi connectivity index (χ1n) is 7.05. The molecule has 0 unspecified atom stereocenters.